The number of nitrogens with one attached hydrogen (secondary N) is 1. The van der Waals surface area contributed by atoms with Gasteiger partial charge in [-0.3, -0.25) is 4.68 Å². The van der Waals surface area contributed by atoms with Crippen LogP contribution in [0.5, 0.6) is 0 Å². The summed E-state index contributed by atoms with van der Waals surface area (Å²) < 4.78 is 40.0. The molecule has 2 N–H and O–H groups in total. The zero-order valence-corrected chi connectivity index (χ0v) is 13.4. The van der Waals surface area contributed by atoms with Crippen molar-refractivity contribution in [1.29, 1.82) is 0 Å². The molecule has 3 heterocycles. The van der Waals surface area contributed by atoms with Crippen molar-refractivity contribution >= 4 is 11.3 Å². The van der Waals surface area contributed by atoms with E-state index in [2.05, 4.69) is 15.6 Å². The van der Waals surface area contributed by atoms with E-state index in [0.717, 1.165) is 6.07 Å². The Morgan fingerprint density at radius 3 is 2.74 bits per heavy atom. The van der Waals surface area contributed by atoms with Crippen LogP contribution in [0.15, 0.2) is 17.6 Å². The summed E-state index contributed by atoms with van der Waals surface area (Å²) in [6.07, 6.45) is -2.05. The van der Waals surface area contributed by atoms with Crippen LogP contribution in [0, 0.1) is 0 Å². The van der Waals surface area contributed by atoms with Crippen LogP contribution in [-0.2, 0) is 18.8 Å². The van der Waals surface area contributed by atoms with Gasteiger partial charge < -0.3 is 10.4 Å². The Hall–Kier alpha value is -1.45. The number of halogens is 3. The van der Waals surface area contributed by atoms with Crippen molar-refractivity contribution < 1.29 is 18.3 Å². The maximum Gasteiger partial charge on any atom is 0.425 e. The SMILES string of the molecule is C[C@H]1C[C@@](O)(c2csc(C(F)(F)F)c2)C[C@@H](c2cn(C)nn2)N1. The molecule has 2 aromatic heterocycles. The van der Waals surface area contributed by atoms with E-state index in [4.69, 9.17) is 0 Å². The number of aromatic nitrogens is 3. The van der Waals surface area contributed by atoms with Crippen molar-refractivity contribution in [2.24, 2.45) is 7.05 Å². The summed E-state index contributed by atoms with van der Waals surface area (Å²) in [5, 5.41) is 23.6. The van der Waals surface area contributed by atoms with Crippen molar-refractivity contribution in [3.8, 4) is 0 Å². The van der Waals surface area contributed by atoms with Gasteiger partial charge in [0.25, 0.3) is 0 Å². The monoisotopic (exact) mass is 346 g/mol. The molecular formula is C14H17F3N4OS. The number of thiophene rings is 1. The summed E-state index contributed by atoms with van der Waals surface area (Å²) >= 11 is 0.614. The summed E-state index contributed by atoms with van der Waals surface area (Å²) in [5.74, 6) is 0. The molecule has 0 saturated carbocycles. The Labute approximate surface area is 135 Å². The van der Waals surface area contributed by atoms with E-state index in [9.17, 15) is 18.3 Å². The van der Waals surface area contributed by atoms with Crippen molar-refractivity contribution in [3.63, 3.8) is 0 Å². The second-order valence-corrected chi connectivity index (χ2v) is 6.99. The highest BCUT2D eigenvalue weighted by Crippen LogP contribution is 2.43. The van der Waals surface area contributed by atoms with Crippen molar-refractivity contribution in [2.45, 2.75) is 43.6 Å². The van der Waals surface area contributed by atoms with Crippen LogP contribution in [-0.4, -0.2) is 26.1 Å². The lowest BCUT2D eigenvalue weighted by Gasteiger charge is -2.40. The molecule has 5 nitrogen and oxygen atoms in total. The molecule has 3 rings (SSSR count). The molecule has 1 fully saturated rings. The molecular weight excluding hydrogens is 329 g/mol. The van der Waals surface area contributed by atoms with E-state index in [1.807, 2.05) is 6.92 Å². The van der Waals surface area contributed by atoms with Crippen LogP contribution < -0.4 is 5.32 Å². The maximum atomic E-state index is 12.8. The van der Waals surface area contributed by atoms with Crippen LogP contribution in [0.2, 0.25) is 0 Å². The Morgan fingerprint density at radius 1 is 1.43 bits per heavy atom. The number of alkyl halides is 3. The summed E-state index contributed by atoms with van der Waals surface area (Å²) in [7, 11) is 1.74. The second kappa shape index (κ2) is 5.57. The number of nitrogens with zero attached hydrogens (tertiary/aromatic N) is 3. The van der Waals surface area contributed by atoms with Gasteiger partial charge in [-0.25, -0.2) is 0 Å². The lowest BCUT2D eigenvalue weighted by Crippen LogP contribution is -2.46. The fraction of sp³-hybridized carbons (Fsp3) is 0.571. The number of aryl methyl sites for hydroxylation is 1. The Balaban J connectivity index is 1.89. The maximum absolute atomic E-state index is 12.8. The first-order chi connectivity index (χ1) is 10.7. The largest absolute Gasteiger partial charge is 0.425 e. The number of piperidine rings is 1. The minimum Gasteiger partial charge on any atom is -0.385 e. The highest BCUT2D eigenvalue weighted by molar-refractivity contribution is 7.10. The van der Waals surface area contributed by atoms with Gasteiger partial charge in [-0.1, -0.05) is 5.21 Å². The van der Waals surface area contributed by atoms with Gasteiger partial charge in [-0.05, 0) is 30.4 Å². The highest BCUT2D eigenvalue weighted by Gasteiger charge is 2.42. The Bertz CT molecular complexity index is 698. The van der Waals surface area contributed by atoms with E-state index < -0.39 is 16.7 Å². The zero-order valence-electron chi connectivity index (χ0n) is 12.6. The van der Waals surface area contributed by atoms with Gasteiger partial charge in [-0.15, -0.1) is 16.4 Å². The van der Waals surface area contributed by atoms with Gasteiger partial charge in [0.05, 0.1) is 17.3 Å². The predicted molar refractivity (Wildman–Crippen MR) is 78.8 cm³/mol. The summed E-state index contributed by atoms with van der Waals surface area (Å²) in [6.45, 7) is 1.89. The van der Waals surface area contributed by atoms with Crippen molar-refractivity contribution in [2.75, 3.05) is 0 Å². The van der Waals surface area contributed by atoms with Crippen LogP contribution in [0.4, 0.5) is 13.2 Å². The van der Waals surface area contributed by atoms with Gasteiger partial charge in [0.15, 0.2) is 0 Å². The molecule has 0 radical (unpaired) electrons. The number of rotatable bonds is 2. The van der Waals surface area contributed by atoms with Crippen LogP contribution in [0.25, 0.3) is 0 Å². The lowest BCUT2D eigenvalue weighted by molar-refractivity contribution is -0.134. The minimum atomic E-state index is -4.39. The molecule has 9 heteroatoms. The van der Waals surface area contributed by atoms with E-state index >= 15 is 0 Å². The molecule has 0 unspecified atom stereocenters. The third-order valence-electron chi connectivity index (χ3n) is 4.06. The van der Waals surface area contributed by atoms with Gasteiger partial charge in [0.1, 0.15) is 4.88 Å². The molecule has 126 valence electrons. The first-order valence-electron chi connectivity index (χ1n) is 7.18. The van der Waals surface area contributed by atoms with Crippen LogP contribution in [0.1, 0.15) is 41.9 Å². The number of aliphatic hydroxyl groups is 1. The van der Waals surface area contributed by atoms with E-state index in [-0.39, 0.29) is 18.5 Å². The molecule has 23 heavy (non-hydrogen) atoms. The molecule has 0 aromatic carbocycles. The van der Waals surface area contributed by atoms with E-state index in [1.54, 1.807) is 17.9 Å². The summed E-state index contributed by atoms with van der Waals surface area (Å²) in [6, 6.07) is 0.734. The first kappa shape index (κ1) is 16.4. The Kier molecular flexibility index (Phi) is 3.97. The summed E-state index contributed by atoms with van der Waals surface area (Å²) in [4.78, 5) is -0.692. The molecule has 1 aliphatic heterocycles. The van der Waals surface area contributed by atoms with Gasteiger partial charge in [0.2, 0.25) is 0 Å². The van der Waals surface area contributed by atoms with Gasteiger partial charge in [-0.2, -0.15) is 13.2 Å². The van der Waals surface area contributed by atoms with Crippen molar-refractivity contribution in [3.05, 3.63) is 33.8 Å². The van der Waals surface area contributed by atoms with E-state index in [1.165, 1.54) is 5.38 Å². The highest BCUT2D eigenvalue weighted by atomic mass is 32.1. The quantitative estimate of drug-likeness (QED) is 0.877. The second-order valence-electron chi connectivity index (χ2n) is 6.07. The summed E-state index contributed by atoms with van der Waals surface area (Å²) in [5.41, 5.74) is -0.326. The average Bonchev–Trinajstić information content (AvgIpc) is 3.05. The average molecular weight is 346 g/mol. The molecule has 1 saturated heterocycles. The predicted octanol–water partition coefficient (Wildman–Crippen LogP) is 2.60. The third kappa shape index (κ3) is 3.26. The number of hydrogen-bond acceptors (Lipinski definition) is 5. The molecule has 2 aromatic rings. The van der Waals surface area contributed by atoms with Gasteiger partial charge in [0, 0.05) is 25.7 Å². The standard InChI is InChI=1S/C14H17F3N4OS/c1-8-4-13(22,9-3-12(23-7-9)14(15,16)17)5-10(18-8)11-6-21(2)20-19-11/h3,6-8,10,18,22H,4-5H2,1-2H3/t8-,10-,13-/m0/s1. The molecule has 1 aliphatic rings. The van der Waals surface area contributed by atoms with Gasteiger partial charge >= 0.3 is 6.18 Å². The van der Waals surface area contributed by atoms with Crippen LogP contribution >= 0.6 is 11.3 Å². The minimum absolute atomic E-state index is 0.0602. The topological polar surface area (TPSA) is 63.0 Å². The molecule has 0 amide bonds. The zero-order chi connectivity index (χ0) is 16.8. The Morgan fingerprint density at radius 2 is 2.17 bits per heavy atom. The smallest absolute Gasteiger partial charge is 0.385 e. The van der Waals surface area contributed by atoms with Crippen LogP contribution in [0.3, 0.4) is 0 Å². The van der Waals surface area contributed by atoms with E-state index in [0.29, 0.717) is 29.0 Å². The molecule has 0 bridgehead atoms. The molecule has 3 atom stereocenters. The molecule has 0 aliphatic carbocycles. The first-order valence-corrected chi connectivity index (χ1v) is 8.06. The fourth-order valence-corrected chi connectivity index (χ4v) is 3.94. The number of hydrogen-bond donors (Lipinski definition) is 2. The molecule has 0 spiro atoms. The fourth-order valence-electron chi connectivity index (χ4n) is 3.07. The normalized spacial score (nSPS) is 29.0. The lowest BCUT2D eigenvalue weighted by atomic mass is 9.79. The third-order valence-corrected chi connectivity index (χ3v) is 5.04. The van der Waals surface area contributed by atoms with Crippen molar-refractivity contribution in [1.82, 2.24) is 20.3 Å².